The molecular formula is C14H18ClN3. The zero-order valence-corrected chi connectivity index (χ0v) is 11.9. The number of halogens is 1. The van der Waals surface area contributed by atoms with Crippen molar-refractivity contribution in [2.45, 2.75) is 33.1 Å². The zero-order valence-electron chi connectivity index (χ0n) is 11.1. The highest BCUT2D eigenvalue weighted by atomic mass is 35.5. The van der Waals surface area contributed by atoms with Crippen molar-refractivity contribution in [3.8, 4) is 0 Å². The summed E-state index contributed by atoms with van der Waals surface area (Å²) in [6.45, 7) is 8.34. The number of rotatable bonds is 1. The minimum absolute atomic E-state index is 0.0306. The Morgan fingerprint density at radius 1 is 1.22 bits per heavy atom. The van der Waals surface area contributed by atoms with Crippen molar-refractivity contribution in [1.82, 2.24) is 4.98 Å². The number of hydrazine groups is 1. The first-order valence-corrected chi connectivity index (χ1v) is 6.28. The summed E-state index contributed by atoms with van der Waals surface area (Å²) >= 11 is 6.16. The number of nitrogens with two attached hydrogens (primary N) is 1. The van der Waals surface area contributed by atoms with Gasteiger partial charge in [0.05, 0.1) is 11.2 Å². The molecule has 2 rings (SSSR count). The normalized spacial score (nSPS) is 11.9. The Morgan fingerprint density at radius 3 is 2.44 bits per heavy atom. The van der Waals surface area contributed by atoms with Crippen LogP contribution in [0.3, 0.4) is 0 Å². The van der Waals surface area contributed by atoms with E-state index in [1.54, 1.807) is 0 Å². The van der Waals surface area contributed by atoms with Gasteiger partial charge in [0.2, 0.25) is 0 Å². The lowest BCUT2D eigenvalue weighted by Gasteiger charge is -2.20. The SMILES string of the molecule is Cc1cc2c(NN)cc(C(C)(C)C)nc2cc1Cl. The third-order valence-corrected chi connectivity index (χ3v) is 3.42. The van der Waals surface area contributed by atoms with E-state index in [4.69, 9.17) is 17.4 Å². The number of benzene rings is 1. The lowest BCUT2D eigenvalue weighted by Crippen LogP contribution is -2.16. The van der Waals surface area contributed by atoms with E-state index in [0.717, 1.165) is 32.9 Å². The zero-order chi connectivity index (χ0) is 13.5. The van der Waals surface area contributed by atoms with Gasteiger partial charge in [0, 0.05) is 21.5 Å². The van der Waals surface area contributed by atoms with E-state index in [1.165, 1.54) is 0 Å². The molecule has 0 fully saturated rings. The van der Waals surface area contributed by atoms with E-state index in [9.17, 15) is 0 Å². The van der Waals surface area contributed by atoms with Gasteiger partial charge >= 0.3 is 0 Å². The van der Waals surface area contributed by atoms with E-state index in [2.05, 4.69) is 31.2 Å². The third-order valence-electron chi connectivity index (χ3n) is 3.01. The maximum absolute atomic E-state index is 6.16. The quantitative estimate of drug-likeness (QED) is 0.608. The molecule has 0 atom stereocenters. The van der Waals surface area contributed by atoms with Crippen molar-refractivity contribution in [3.63, 3.8) is 0 Å². The highest BCUT2D eigenvalue weighted by molar-refractivity contribution is 6.32. The number of nitrogens with one attached hydrogen (secondary N) is 1. The molecule has 3 N–H and O–H groups in total. The Bertz CT molecular complexity index is 600. The van der Waals surface area contributed by atoms with E-state index >= 15 is 0 Å². The average molecular weight is 264 g/mol. The number of fused-ring (bicyclic) bond motifs is 1. The molecule has 0 saturated carbocycles. The maximum Gasteiger partial charge on any atom is 0.0741 e. The topological polar surface area (TPSA) is 50.9 Å². The predicted molar refractivity (Wildman–Crippen MR) is 78.0 cm³/mol. The summed E-state index contributed by atoms with van der Waals surface area (Å²) in [5.41, 5.74) is 6.47. The molecule has 0 bridgehead atoms. The lowest BCUT2D eigenvalue weighted by atomic mass is 9.90. The van der Waals surface area contributed by atoms with Gasteiger partial charge in [-0.1, -0.05) is 32.4 Å². The largest absolute Gasteiger partial charge is 0.323 e. The molecule has 1 heterocycles. The fraction of sp³-hybridized carbons (Fsp3) is 0.357. The van der Waals surface area contributed by atoms with Crippen LogP contribution in [0.4, 0.5) is 5.69 Å². The van der Waals surface area contributed by atoms with Crippen LogP contribution in [0.2, 0.25) is 5.02 Å². The molecular weight excluding hydrogens is 246 g/mol. The van der Waals surface area contributed by atoms with Gasteiger partial charge in [-0.25, -0.2) is 0 Å². The van der Waals surface area contributed by atoms with E-state index in [0.29, 0.717) is 0 Å². The molecule has 1 aromatic carbocycles. The fourth-order valence-electron chi connectivity index (χ4n) is 1.86. The molecule has 18 heavy (non-hydrogen) atoms. The number of nitrogens with zero attached hydrogens (tertiary/aromatic N) is 1. The predicted octanol–water partition coefficient (Wildman–Crippen LogP) is 3.78. The van der Waals surface area contributed by atoms with E-state index in [1.807, 2.05) is 25.1 Å². The standard InChI is InChI=1S/C14H18ClN3/c1-8-5-9-11(6-10(8)15)17-13(14(2,3)4)7-12(9)18-16/h5-7H,16H2,1-4H3,(H,17,18). The molecule has 96 valence electrons. The summed E-state index contributed by atoms with van der Waals surface area (Å²) in [5, 5.41) is 1.72. The Balaban J connectivity index is 2.80. The molecule has 0 radical (unpaired) electrons. The van der Waals surface area contributed by atoms with Gasteiger partial charge in [-0.3, -0.25) is 10.8 Å². The molecule has 0 spiro atoms. The Labute approximate surface area is 112 Å². The maximum atomic E-state index is 6.16. The number of aryl methyl sites for hydroxylation is 1. The van der Waals surface area contributed by atoms with Crippen molar-refractivity contribution in [2.75, 3.05) is 5.43 Å². The summed E-state index contributed by atoms with van der Waals surface area (Å²) in [5.74, 6) is 5.61. The Hall–Kier alpha value is -1.32. The van der Waals surface area contributed by atoms with Crippen molar-refractivity contribution < 1.29 is 0 Å². The van der Waals surface area contributed by atoms with Gasteiger partial charge in [-0.2, -0.15) is 0 Å². The molecule has 3 nitrogen and oxygen atoms in total. The molecule has 4 heteroatoms. The van der Waals surface area contributed by atoms with Crippen LogP contribution in [0, 0.1) is 6.92 Å². The summed E-state index contributed by atoms with van der Waals surface area (Å²) < 4.78 is 0. The molecule has 1 aromatic heterocycles. The van der Waals surface area contributed by atoms with Crippen molar-refractivity contribution in [3.05, 3.63) is 34.5 Å². The average Bonchev–Trinajstić information content (AvgIpc) is 2.28. The summed E-state index contributed by atoms with van der Waals surface area (Å²) in [4.78, 5) is 4.68. The lowest BCUT2D eigenvalue weighted by molar-refractivity contribution is 0.572. The van der Waals surface area contributed by atoms with Gasteiger partial charge in [0.25, 0.3) is 0 Å². The van der Waals surface area contributed by atoms with Crippen LogP contribution >= 0.6 is 11.6 Å². The second kappa shape index (κ2) is 4.41. The van der Waals surface area contributed by atoms with Crippen LogP contribution < -0.4 is 11.3 Å². The molecule has 0 amide bonds. The molecule has 0 unspecified atom stereocenters. The first kappa shape index (κ1) is 13.1. The second-order valence-electron chi connectivity index (χ2n) is 5.57. The van der Waals surface area contributed by atoms with Crippen LogP contribution in [-0.4, -0.2) is 4.98 Å². The smallest absolute Gasteiger partial charge is 0.0741 e. The van der Waals surface area contributed by atoms with Gasteiger partial charge < -0.3 is 5.43 Å². The number of anilines is 1. The monoisotopic (exact) mass is 263 g/mol. The number of hydrogen-bond acceptors (Lipinski definition) is 3. The summed E-state index contributed by atoms with van der Waals surface area (Å²) in [6.07, 6.45) is 0. The summed E-state index contributed by atoms with van der Waals surface area (Å²) in [7, 11) is 0. The van der Waals surface area contributed by atoms with Gasteiger partial charge in [0.1, 0.15) is 0 Å². The molecule has 0 aliphatic rings. The number of aromatic nitrogens is 1. The van der Waals surface area contributed by atoms with E-state index in [-0.39, 0.29) is 5.41 Å². The van der Waals surface area contributed by atoms with Crippen molar-refractivity contribution in [1.29, 1.82) is 0 Å². The fourth-order valence-corrected chi connectivity index (χ4v) is 2.02. The molecule has 2 aromatic rings. The minimum atomic E-state index is -0.0306. The third kappa shape index (κ3) is 2.28. The summed E-state index contributed by atoms with van der Waals surface area (Å²) in [6, 6.07) is 5.89. The highest BCUT2D eigenvalue weighted by Crippen LogP contribution is 2.31. The molecule has 0 aliphatic heterocycles. The van der Waals surface area contributed by atoms with E-state index < -0.39 is 0 Å². The number of nitrogen functional groups attached to an aromatic ring is 1. The Morgan fingerprint density at radius 2 is 1.89 bits per heavy atom. The molecule has 0 aliphatic carbocycles. The number of pyridine rings is 1. The van der Waals surface area contributed by atoms with Crippen LogP contribution in [0.1, 0.15) is 32.0 Å². The first-order chi connectivity index (χ1) is 8.32. The van der Waals surface area contributed by atoms with Gasteiger partial charge in [-0.05, 0) is 30.7 Å². The van der Waals surface area contributed by atoms with Gasteiger partial charge in [-0.15, -0.1) is 0 Å². The van der Waals surface area contributed by atoms with Crippen LogP contribution in [-0.2, 0) is 5.41 Å². The van der Waals surface area contributed by atoms with Crippen molar-refractivity contribution >= 4 is 28.2 Å². The molecule has 0 saturated heterocycles. The van der Waals surface area contributed by atoms with Gasteiger partial charge in [0.15, 0.2) is 0 Å². The van der Waals surface area contributed by atoms with Crippen LogP contribution in [0.25, 0.3) is 10.9 Å². The first-order valence-electron chi connectivity index (χ1n) is 5.91. The highest BCUT2D eigenvalue weighted by Gasteiger charge is 2.18. The minimum Gasteiger partial charge on any atom is -0.323 e. The second-order valence-corrected chi connectivity index (χ2v) is 5.98. The number of hydrogen-bond donors (Lipinski definition) is 2. The van der Waals surface area contributed by atoms with Crippen LogP contribution in [0.5, 0.6) is 0 Å². The Kier molecular flexibility index (Phi) is 3.21. The van der Waals surface area contributed by atoms with Crippen molar-refractivity contribution in [2.24, 2.45) is 5.84 Å². The van der Waals surface area contributed by atoms with Crippen LogP contribution in [0.15, 0.2) is 18.2 Å².